The van der Waals surface area contributed by atoms with Gasteiger partial charge < -0.3 is 14.0 Å². The van der Waals surface area contributed by atoms with Crippen LogP contribution in [0.15, 0.2) is 36.5 Å². The van der Waals surface area contributed by atoms with E-state index in [9.17, 15) is 18.0 Å². The molecule has 0 bridgehead atoms. The van der Waals surface area contributed by atoms with Crippen LogP contribution in [-0.2, 0) is 26.2 Å². The van der Waals surface area contributed by atoms with Crippen molar-refractivity contribution in [2.45, 2.75) is 46.3 Å². The number of nitrogens with zero attached hydrogens (tertiary/aromatic N) is 3. The third-order valence-electron chi connectivity index (χ3n) is 5.62. The lowest BCUT2D eigenvalue weighted by Gasteiger charge is -2.29. The van der Waals surface area contributed by atoms with Gasteiger partial charge in [-0.1, -0.05) is 11.6 Å². The molecule has 1 saturated heterocycles. The second-order valence-electron chi connectivity index (χ2n) is 9.67. The number of hydrogen-bond acceptors (Lipinski definition) is 7. The van der Waals surface area contributed by atoms with Gasteiger partial charge in [0, 0.05) is 36.2 Å². The number of anilines is 2. The number of hydrogen-bond donors (Lipinski definition) is 2. The average molecular weight is 564 g/mol. The Balaban J connectivity index is 1.83. The fourth-order valence-corrected chi connectivity index (χ4v) is 5.74. The van der Waals surface area contributed by atoms with Crippen LogP contribution in [0.3, 0.4) is 0 Å². The fraction of sp³-hybridized carbons (Fsp3) is 0.400. The standard InChI is InChI=1S/C25H30ClN5O6S/c1-5-36-23(32)22-21(31-12-6-10-28-38(31,34)35)18-14-17(26)7-8-19(18)30(22)15-16-9-11-27-20(13-16)29-24(33)37-25(2,3)4/h7-9,11,13-14,28H,5-6,10,12,15H2,1-4H3,(H,27,29,33). The first-order valence-electron chi connectivity index (χ1n) is 12.1. The summed E-state index contributed by atoms with van der Waals surface area (Å²) in [7, 11) is -3.90. The summed E-state index contributed by atoms with van der Waals surface area (Å²) >= 11 is 6.31. The number of benzene rings is 1. The molecule has 204 valence electrons. The Hall–Kier alpha value is -3.35. The zero-order chi connectivity index (χ0) is 27.7. The monoisotopic (exact) mass is 563 g/mol. The van der Waals surface area contributed by atoms with Crippen molar-refractivity contribution in [3.05, 3.63) is 52.8 Å². The Kier molecular flexibility index (Phi) is 7.86. The molecule has 1 aliphatic rings. The first kappa shape index (κ1) is 27.7. The topological polar surface area (TPSA) is 132 Å². The summed E-state index contributed by atoms with van der Waals surface area (Å²) in [6.07, 6.45) is 1.42. The van der Waals surface area contributed by atoms with Crippen molar-refractivity contribution < 1.29 is 27.5 Å². The number of nitrogens with one attached hydrogen (secondary N) is 2. The van der Waals surface area contributed by atoms with Crippen molar-refractivity contribution in [1.82, 2.24) is 14.3 Å². The minimum Gasteiger partial charge on any atom is -0.461 e. The smallest absolute Gasteiger partial charge is 0.413 e. The van der Waals surface area contributed by atoms with Gasteiger partial charge in [-0.3, -0.25) is 9.62 Å². The van der Waals surface area contributed by atoms with E-state index in [2.05, 4.69) is 15.0 Å². The van der Waals surface area contributed by atoms with Crippen molar-refractivity contribution in [1.29, 1.82) is 0 Å². The lowest BCUT2D eigenvalue weighted by Crippen LogP contribution is -2.47. The molecule has 0 unspecified atom stereocenters. The van der Waals surface area contributed by atoms with Crippen molar-refractivity contribution in [3.63, 3.8) is 0 Å². The molecule has 1 aliphatic heterocycles. The Bertz CT molecular complexity index is 1480. The van der Waals surface area contributed by atoms with Crippen LogP contribution in [0, 0.1) is 0 Å². The van der Waals surface area contributed by atoms with Crippen LogP contribution in [0.5, 0.6) is 0 Å². The number of rotatable bonds is 6. The van der Waals surface area contributed by atoms with Crippen LogP contribution in [0.1, 0.15) is 50.2 Å². The van der Waals surface area contributed by atoms with Crippen LogP contribution in [0.2, 0.25) is 5.02 Å². The van der Waals surface area contributed by atoms with E-state index >= 15 is 0 Å². The highest BCUT2D eigenvalue weighted by Gasteiger charge is 2.35. The molecule has 11 nitrogen and oxygen atoms in total. The molecule has 13 heteroatoms. The Morgan fingerprint density at radius 1 is 1.21 bits per heavy atom. The normalized spacial score (nSPS) is 15.3. The first-order valence-corrected chi connectivity index (χ1v) is 13.9. The van der Waals surface area contributed by atoms with Gasteiger partial charge in [0.15, 0.2) is 5.69 Å². The number of fused-ring (bicyclic) bond motifs is 1. The summed E-state index contributed by atoms with van der Waals surface area (Å²) < 4.78 is 42.1. The molecule has 0 aliphatic carbocycles. The minimum atomic E-state index is -3.90. The highest BCUT2D eigenvalue weighted by Crippen LogP contribution is 2.38. The number of pyridine rings is 1. The summed E-state index contributed by atoms with van der Waals surface area (Å²) in [6, 6.07) is 8.42. The second-order valence-corrected chi connectivity index (χ2v) is 11.8. The van der Waals surface area contributed by atoms with E-state index in [4.69, 9.17) is 21.1 Å². The van der Waals surface area contributed by atoms with E-state index in [0.29, 0.717) is 34.5 Å². The summed E-state index contributed by atoms with van der Waals surface area (Å²) in [5.74, 6) is -0.409. The lowest BCUT2D eigenvalue weighted by molar-refractivity contribution is 0.0515. The Morgan fingerprint density at radius 3 is 2.66 bits per heavy atom. The molecular weight excluding hydrogens is 534 g/mol. The maximum atomic E-state index is 13.3. The van der Waals surface area contributed by atoms with E-state index in [-0.39, 0.29) is 36.9 Å². The zero-order valence-electron chi connectivity index (χ0n) is 21.6. The van der Waals surface area contributed by atoms with E-state index < -0.39 is 27.9 Å². The maximum Gasteiger partial charge on any atom is 0.413 e. The molecule has 1 aromatic carbocycles. The average Bonchev–Trinajstić information content (AvgIpc) is 3.10. The highest BCUT2D eigenvalue weighted by atomic mass is 35.5. The number of ether oxygens (including phenoxy) is 2. The zero-order valence-corrected chi connectivity index (χ0v) is 23.1. The van der Waals surface area contributed by atoms with Gasteiger partial charge in [0.1, 0.15) is 11.4 Å². The molecule has 3 aromatic rings. The number of amides is 1. The quantitative estimate of drug-likeness (QED) is 0.427. The van der Waals surface area contributed by atoms with Crippen LogP contribution in [0.25, 0.3) is 10.9 Å². The van der Waals surface area contributed by atoms with Gasteiger partial charge in [0.2, 0.25) is 0 Å². The molecule has 0 saturated carbocycles. The van der Waals surface area contributed by atoms with E-state index in [1.165, 1.54) is 10.5 Å². The van der Waals surface area contributed by atoms with Crippen LogP contribution in [0.4, 0.5) is 16.3 Å². The second kappa shape index (κ2) is 10.8. The Labute approximate surface area is 226 Å². The van der Waals surface area contributed by atoms with Crippen molar-refractivity contribution >= 4 is 56.3 Å². The molecule has 1 amide bonds. The number of aromatic nitrogens is 2. The summed E-state index contributed by atoms with van der Waals surface area (Å²) in [5.41, 5.74) is 0.882. The van der Waals surface area contributed by atoms with Gasteiger partial charge in [-0.2, -0.15) is 13.1 Å². The predicted molar refractivity (Wildman–Crippen MR) is 145 cm³/mol. The minimum absolute atomic E-state index is 0.0786. The highest BCUT2D eigenvalue weighted by molar-refractivity contribution is 7.91. The number of carbonyl (C=O) groups is 2. The molecule has 0 spiro atoms. The molecule has 3 heterocycles. The lowest BCUT2D eigenvalue weighted by atomic mass is 10.2. The van der Waals surface area contributed by atoms with Crippen LogP contribution >= 0.6 is 11.6 Å². The third-order valence-corrected chi connectivity index (χ3v) is 7.37. The Morgan fingerprint density at radius 2 is 1.97 bits per heavy atom. The summed E-state index contributed by atoms with van der Waals surface area (Å²) in [6.45, 7) is 7.69. The van der Waals surface area contributed by atoms with Gasteiger partial charge in [-0.15, -0.1) is 0 Å². The number of esters is 1. The number of halogens is 1. The molecule has 2 aromatic heterocycles. The molecule has 2 N–H and O–H groups in total. The molecular formula is C25H30ClN5O6S. The molecule has 38 heavy (non-hydrogen) atoms. The van der Waals surface area contributed by atoms with Gasteiger partial charge in [-0.05, 0) is 70.0 Å². The van der Waals surface area contributed by atoms with Crippen LogP contribution < -0.4 is 14.3 Å². The van der Waals surface area contributed by atoms with Crippen molar-refractivity contribution in [2.24, 2.45) is 0 Å². The van der Waals surface area contributed by atoms with Crippen molar-refractivity contribution in [3.8, 4) is 0 Å². The first-order chi connectivity index (χ1) is 17.9. The van der Waals surface area contributed by atoms with Gasteiger partial charge in [0.25, 0.3) is 0 Å². The predicted octanol–water partition coefficient (Wildman–Crippen LogP) is 4.31. The SMILES string of the molecule is CCOC(=O)c1c(N2CCCNS2(=O)=O)c2cc(Cl)ccc2n1Cc1ccnc(NC(=O)OC(C)(C)C)c1. The van der Waals surface area contributed by atoms with Crippen LogP contribution in [-0.4, -0.2) is 55.3 Å². The third kappa shape index (κ3) is 6.03. The van der Waals surface area contributed by atoms with E-state index in [1.807, 2.05) is 0 Å². The molecule has 0 radical (unpaired) electrons. The van der Waals surface area contributed by atoms with Gasteiger partial charge >= 0.3 is 22.3 Å². The summed E-state index contributed by atoms with van der Waals surface area (Å²) in [5, 5.41) is 3.49. The fourth-order valence-electron chi connectivity index (χ4n) is 4.22. The largest absolute Gasteiger partial charge is 0.461 e. The van der Waals surface area contributed by atoms with E-state index in [0.717, 1.165) is 0 Å². The van der Waals surface area contributed by atoms with E-state index in [1.54, 1.807) is 62.6 Å². The maximum absolute atomic E-state index is 13.3. The summed E-state index contributed by atoms with van der Waals surface area (Å²) in [4.78, 5) is 29.7. The molecule has 4 rings (SSSR count). The van der Waals surface area contributed by atoms with Crippen molar-refractivity contribution in [2.75, 3.05) is 29.3 Å². The molecule has 1 fully saturated rings. The van der Waals surface area contributed by atoms with Gasteiger partial charge in [0.05, 0.1) is 17.8 Å². The number of carbonyl (C=O) groups excluding carboxylic acids is 2. The molecule has 0 atom stereocenters. The van der Waals surface area contributed by atoms with Gasteiger partial charge in [-0.25, -0.2) is 14.6 Å².